The van der Waals surface area contributed by atoms with Crippen LogP contribution in [0, 0.1) is 0 Å². The number of aryl methyl sites for hydroxylation is 1. The molecule has 110 valence electrons. The molecule has 2 fully saturated rings. The average Bonchev–Trinajstić information content (AvgIpc) is 3.10. The van der Waals surface area contributed by atoms with Crippen LogP contribution < -0.4 is 5.73 Å². The molecule has 20 heavy (non-hydrogen) atoms. The summed E-state index contributed by atoms with van der Waals surface area (Å²) in [6, 6.07) is 1.10. The molecule has 0 amide bonds. The number of rotatable bonds is 4. The van der Waals surface area contributed by atoms with E-state index in [-0.39, 0.29) is 5.69 Å². The Labute approximate surface area is 118 Å². The van der Waals surface area contributed by atoms with Gasteiger partial charge < -0.3 is 15.0 Å². The normalized spacial score (nSPS) is 23.2. The summed E-state index contributed by atoms with van der Waals surface area (Å²) in [5, 5.41) is 0. The number of esters is 1. The molecule has 6 heteroatoms. The summed E-state index contributed by atoms with van der Waals surface area (Å²) in [5.74, 6) is 0.884. The van der Waals surface area contributed by atoms with Gasteiger partial charge in [-0.15, -0.1) is 0 Å². The van der Waals surface area contributed by atoms with Crippen LogP contribution in [0.15, 0.2) is 0 Å². The van der Waals surface area contributed by atoms with E-state index >= 15 is 0 Å². The van der Waals surface area contributed by atoms with Crippen molar-refractivity contribution < 1.29 is 9.53 Å². The Bertz CT molecular complexity index is 521. The van der Waals surface area contributed by atoms with Gasteiger partial charge in [-0.25, -0.2) is 9.78 Å². The molecular weight excluding hydrogens is 256 g/mol. The number of aromatic nitrogens is 2. The fourth-order valence-electron chi connectivity index (χ4n) is 3.15. The minimum Gasteiger partial charge on any atom is -0.464 e. The summed E-state index contributed by atoms with van der Waals surface area (Å²) in [4.78, 5) is 18.6. The van der Waals surface area contributed by atoms with E-state index in [9.17, 15) is 4.79 Å². The number of hydrogen-bond acceptors (Lipinski definition) is 5. The molecule has 0 spiro atoms. The maximum atomic E-state index is 11.7. The highest BCUT2D eigenvalue weighted by Crippen LogP contribution is 2.35. The van der Waals surface area contributed by atoms with E-state index < -0.39 is 5.97 Å². The maximum Gasteiger partial charge on any atom is 0.360 e. The second kappa shape index (κ2) is 5.09. The molecule has 1 saturated carbocycles. The van der Waals surface area contributed by atoms with Crippen LogP contribution in [0.3, 0.4) is 0 Å². The van der Waals surface area contributed by atoms with E-state index in [1.807, 2.05) is 6.92 Å². The van der Waals surface area contributed by atoms with Crippen LogP contribution in [-0.2, 0) is 11.2 Å². The molecule has 2 heterocycles. The zero-order valence-electron chi connectivity index (χ0n) is 12.1. The molecule has 1 atom stereocenters. The summed E-state index contributed by atoms with van der Waals surface area (Å²) in [7, 11) is 1.36. The predicted molar refractivity (Wildman–Crippen MR) is 75.6 cm³/mol. The van der Waals surface area contributed by atoms with Gasteiger partial charge in [0.15, 0.2) is 5.69 Å². The lowest BCUT2D eigenvalue weighted by molar-refractivity contribution is 0.0595. The van der Waals surface area contributed by atoms with Crippen molar-refractivity contribution in [3.05, 3.63) is 11.5 Å². The highest BCUT2D eigenvalue weighted by molar-refractivity contribution is 5.92. The molecule has 3 rings (SSSR count). The Morgan fingerprint density at radius 2 is 2.15 bits per heavy atom. The van der Waals surface area contributed by atoms with E-state index in [4.69, 9.17) is 10.5 Å². The zero-order valence-corrected chi connectivity index (χ0v) is 12.1. The molecule has 0 bridgehead atoms. The van der Waals surface area contributed by atoms with Crippen molar-refractivity contribution in [3.63, 3.8) is 0 Å². The molecule has 1 aliphatic carbocycles. The monoisotopic (exact) mass is 278 g/mol. The van der Waals surface area contributed by atoms with E-state index in [0.717, 1.165) is 37.8 Å². The van der Waals surface area contributed by atoms with Crippen LogP contribution in [0.1, 0.15) is 48.5 Å². The maximum absolute atomic E-state index is 11.7. The van der Waals surface area contributed by atoms with Crippen LogP contribution >= 0.6 is 0 Å². The standard InChI is InChI=1S/C14H22N4O2/c1-3-11-16-12(14(19)20-2)13(15)18(11)10-6-7-17(8-10)9-4-5-9/h9-10H,3-8,15H2,1-2H3. The van der Waals surface area contributed by atoms with Crippen molar-refractivity contribution in [2.75, 3.05) is 25.9 Å². The summed E-state index contributed by atoms with van der Waals surface area (Å²) in [6.45, 7) is 4.16. The summed E-state index contributed by atoms with van der Waals surface area (Å²) < 4.78 is 6.81. The van der Waals surface area contributed by atoms with Crippen molar-refractivity contribution in [3.8, 4) is 0 Å². The fourth-order valence-corrected chi connectivity index (χ4v) is 3.15. The van der Waals surface area contributed by atoms with Crippen LogP contribution in [0.4, 0.5) is 5.82 Å². The second-order valence-electron chi connectivity index (χ2n) is 5.65. The van der Waals surface area contributed by atoms with Crippen LogP contribution in [-0.4, -0.2) is 46.7 Å². The van der Waals surface area contributed by atoms with Crippen LogP contribution in [0.5, 0.6) is 0 Å². The molecular formula is C14H22N4O2. The average molecular weight is 278 g/mol. The Morgan fingerprint density at radius 1 is 1.40 bits per heavy atom. The lowest BCUT2D eigenvalue weighted by Crippen LogP contribution is -2.24. The quantitative estimate of drug-likeness (QED) is 0.838. The van der Waals surface area contributed by atoms with Gasteiger partial charge in [0.05, 0.1) is 13.2 Å². The first-order chi connectivity index (χ1) is 9.65. The minimum atomic E-state index is -0.451. The van der Waals surface area contributed by atoms with Gasteiger partial charge in [0.25, 0.3) is 0 Å². The number of nitrogens with two attached hydrogens (primary N) is 1. The first kappa shape index (κ1) is 13.4. The number of likely N-dealkylation sites (tertiary alicyclic amines) is 1. The van der Waals surface area contributed by atoms with Crippen LogP contribution in [0.2, 0.25) is 0 Å². The van der Waals surface area contributed by atoms with E-state index in [0.29, 0.717) is 11.9 Å². The first-order valence-corrected chi connectivity index (χ1v) is 7.34. The van der Waals surface area contributed by atoms with Crippen molar-refractivity contribution in [1.29, 1.82) is 0 Å². The van der Waals surface area contributed by atoms with Gasteiger partial charge in [-0.05, 0) is 19.3 Å². The number of ether oxygens (including phenoxy) is 1. The van der Waals surface area contributed by atoms with Gasteiger partial charge in [0, 0.05) is 25.6 Å². The van der Waals surface area contributed by atoms with Crippen molar-refractivity contribution in [2.24, 2.45) is 0 Å². The van der Waals surface area contributed by atoms with Crippen molar-refractivity contribution >= 4 is 11.8 Å². The number of methoxy groups -OCH3 is 1. The second-order valence-corrected chi connectivity index (χ2v) is 5.65. The number of nitrogen functional groups attached to an aromatic ring is 1. The number of nitrogens with zero attached hydrogens (tertiary/aromatic N) is 3. The van der Waals surface area contributed by atoms with Gasteiger partial charge in [0.2, 0.25) is 0 Å². The highest BCUT2D eigenvalue weighted by atomic mass is 16.5. The van der Waals surface area contributed by atoms with E-state index in [1.165, 1.54) is 20.0 Å². The zero-order chi connectivity index (χ0) is 14.3. The molecule has 1 saturated heterocycles. The van der Waals surface area contributed by atoms with Gasteiger partial charge in [-0.1, -0.05) is 6.92 Å². The van der Waals surface area contributed by atoms with E-state index in [1.54, 1.807) is 0 Å². The molecule has 2 N–H and O–H groups in total. The van der Waals surface area contributed by atoms with Gasteiger partial charge in [-0.2, -0.15) is 0 Å². The summed E-state index contributed by atoms with van der Waals surface area (Å²) in [6.07, 6.45) is 4.48. The molecule has 2 aliphatic rings. The number of imidazole rings is 1. The Kier molecular flexibility index (Phi) is 3.41. The summed E-state index contributed by atoms with van der Waals surface area (Å²) >= 11 is 0. The van der Waals surface area contributed by atoms with Crippen molar-refractivity contribution in [1.82, 2.24) is 14.5 Å². The lowest BCUT2D eigenvalue weighted by atomic mass is 10.2. The Balaban J connectivity index is 1.88. The number of carbonyl (C=O) groups excluding carboxylic acids is 1. The molecule has 1 aliphatic heterocycles. The van der Waals surface area contributed by atoms with Gasteiger partial charge in [0.1, 0.15) is 11.6 Å². The topological polar surface area (TPSA) is 73.4 Å². The van der Waals surface area contributed by atoms with E-state index in [2.05, 4.69) is 14.5 Å². The molecule has 1 unspecified atom stereocenters. The predicted octanol–water partition coefficient (Wildman–Crippen LogP) is 1.22. The van der Waals surface area contributed by atoms with Gasteiger partial charge >= 0.3 is 5.97 Å². The largest absolute Gasteiger partial charge is 0.464 e. The molecule has 0 aromatic carbocycles. The third kappa shape index (κ3) is 2.18. The summed E-state index contributed by atoms with van der Waals surface area (Å²) in [5.41, 5.74) is 6.41. The molecule has 1 aromatic heterocycles. The molecule has 6 nitrogen and oxygen atoms in total. The SMILES string of the molecule is CCc1nc(C(=O)OC)c(N)n1C1CCN(C2CC2)C1. The third-order valence-electron chi connectivity index (χ3n) is 4.34. The minimum absolute atomic E-state index is 0.259. The number of carbonyl (C=O) groups is 1. The highest BCUT2D eigenvalue weighted by Gasteiger charge is 2.36. The first-order valence-electron chi connectivity index (χ1n) is 7.34. The van der Waals surface area contributed by atoms with Crippen LogP contribution in [0.25, 0.3) is 0 Å². The van der Waals surface area contributed by atoms with Gasteiger partial charge in [-0.3, -0.25) is 4.90 Å². The molecule has 0 radical (unpaired) electrons. The Hall–Kier alpha value is -1.56. The third-order valence-corrected chi connectivity index (χ3v) is 4.34. The fraction of sp³-hybridized carbons (Fsp3) is 0.714. The molecule has 1 aromatic rings. The number of anilines is 1. The lowest BCUT2D eigenvalue weighted by Gasteiger charge is -2.18. The smallest absolute Gasteiger partial charge is 0.360 e. The Morgan fingerprint density at radius 3 is 2.75 bits per heavy atom. The number of hydrogen-bond donors (Lipinski definition) is 1. The van der Waals surface area contributed by atoms with Crippen molar-refractivity contribution in [2.45, 2.75) is 44.7 Å².